The van der Waals surface area contributed by atoms with E-state index in [0.29, 0.717) is 13.1 Å². The van der Waals surface area contributed by atoms with Crippen LogP contribution in [0.15, 0.2) is 30.3 Å². The summed E-state index contributed by atoms with van der Waals surface area (Å²) < 4.78 is 22.8. The van der Waals surface area contributed by atoms with E-state index in [4.69, 9.17) is 0 Å². The van der Waals surface area contributed by atoms with Crippen molar-refractivity contribution in [3.05, 3.63) is 30.3 Å². The lowest BCUT2D eigenvalue weighted by atomic mass is 10.2. The zero-order chi connectivity index (χ0) is 11.6. The molecule has 1 aliphatic heterocycles. The Morgan fingerprint density at radius 1 is 1.06 bits per heavy atom. The van der Waals surface area contributed by atoms with Crippen molar-refractivity contribution in [1.82, 2.24) is 4.48 Å². The predicted molar refractivity (Wildman–Crippen MR) is 62.7 cm³/mol. The van der Waals surface area contributed by atoms with Gasteiger partial charge in [0.15, 0.2) is 9.84 Å². The average molecular weight is 240 g/mol. The van der Waals surface area contributed by atoms with Crippen LogP contribution in [0.2, 0.25) is 0 Å². The molecule has 16 heavy (non-hydrogen) atoms. The van der Waals surface area contributed by atoms with Gasteiger partial charge >= 0.3 is 6.41 Å². The SMILES string of the molecule is O=C[N+]1(c2ccccc2)CCS(=O)(=O)CC1. The van der Waals surface area contributed by atoms with Gasteiger partial charge in [-0.2, -0.15) is 0 Å². The number of carbonyl (C=O) groups excluding carboxylic acids is 1. The molecule has 4 nitrogen and oxygen atoms in total. The summed E-state index contributed by atoms with van der Waals surface area (Å²) in [5.41, 5.74) is 0.868. The Kier molecular flexibility index (Phi) is 2.82. The first-order valence-corrected chi connectivity index (χ1v) is 6.99. The summed E-state index contributed by atoms with van der Waals surface area (Å²) >= 11 is 0. The second-order valence-electron chi connectivity index (χ2n) is 4.07. The number of carbonyl (C=O) groups is 1. The minimum absolute atomic E-state index is 0.0840. The van der Waals surface area contributed by atoms with Gasteiger partial charge in [0.05, 0.1) is 0 Å². The highest BCUT2D eigenvalue weighted by Gasteiger charge is 2.37. The summed E-state index contributed by atoms with van der Waals surface area (Å²) in [5.74, 6) is 0.168. The van der Waals surface area contributed by atoms with Gasteiger partial charge in [-0.1, -0.05) is 18.2 Å². The Balaban J connectivity index is 2.33. The van der Waals surface area contributed by atoms with Crippen molar-refractivity contribution in [2.45, 2.75) is 0 Å². The van der Waals surface area contributed by atoms with E-state index in [9.17, 15) is 13.2 Å². The number of hydrogen-bond acceptors (Lipinski definition) is 3. The van der Waals surface area contributed by atoms with E-state index in [2.05, 4.69) is 0 Å². The molecule has 0 atom stereocenters. The molecule has 0 N–H and O–H groups in total. The van der Waals surface area contributed by atoms with E-state index in [-0.39, 0.29) is 16.0 Å². The fourth-order valence-corrected chi connectivity index (χ4v) is 3.38. The highest BCUT2D eigenvalue weighted by molar-refractivity contribution is 7.91. The van der Waals surface area contributed by atoms with Crippen LogP contribution < -0.4 is 4.48 Å². The monoisotopic (exact) mass is 240 g/mol. The van der Waals surface area contributed by atoms with Crippen molar-refractivity contribution in [2.75, 3.05) is 24.6 Å². The molecule has 1 saturated heterocycles. The molecule has 1 heterocycles. The highest BCUT2D eigenvalue weighted by Crippen LogP contribution is 2.23. The van der Waals surface area contributed by atoms with Gasteiger partial charge in [0.1, 0.15) is 30.3 Å². The Bertz CT molecular complexity index is 467. The number of rotatable bonds is 2. The molecule has 0 unspecified atom stereocenters. The maximum atomic E-state index is 11.4. The molecule has 0 aliphatic carbocycles. The molecule has 0 saturated carbocycles. The standard InChI is InChI=1S/C11H14NO3S/c13-10-12(11-4-2-1-3-5-11)6-8-16(14,15)9-7-12/h1-5,10H,6-9H2/q+1. The third-order valence-corrected chi connectivity index (χ3v) is 4.68. The Morgan fingerprint density at radius 3 is 2.12 bits per heavy atom. The molecule has 0 aromatic heterocycles. The minimum Gasteiger partial charge on any atom is -0.233 e. The van der Waals surface area contributed by atoms with Crippen LogP contribution in [0.4, 0.5) is 5.69 Å². The maximum Gasteiger partial charge on any atom is 0.306 e. The summed E-state index contributed by atoms with van der Waals surface area (Å²) in [5, 5.41) is 0. The Morgan fingerprint density at radius 2 is 1.62 bits per heavy atom. The first-order valence-electron chi connectivity index (χ1n) is 5.17. The molecule has 2 rings (SSSR count). The lowest BCUT2D eigenvalue weighted by Crippen LogP contribution is -2.57. The van der Waals surface area contributed by atoms with Gasteiger partial charge in [-0.25, -0.2) is 17.7 Å². The summed E-state index contributed by atoms with van der Waals surface area (Å²) in [6.07, 6.45) is 0.851. The van der Waals surface area contributed by atoms with Crippen LogP contribution in [0.25, 0.3) is 0 Å². The number of nitrogens with zero attached hydrogens (tertiary/aromatic N) is 1. The van der Waals surface area contributed by atoms with E-state index >= 15 is 0 Å². The number of benzene rings is 1. The van der Waals surface area contributed by atoms with Crippen molar-refractivity contribution in [3.8, 4) is 0 Å². The molecule has 0 spiro atoms. The van der Waals surface area contributed by atoms with Crippen molar-refractivity contribution in [3.63, 3.8) is 0 Å². The second kappa shape index (κ2) is 3.99. The van der Waals surface area contributed by atoms with E-state index in [1.807, 2.05) is 30.3 Å². The second-order valence-corrected chi connectivity index (χ2v) is 6.38. The zero-order valence-electron chi connectivity index (χ0n) is 8.87. The molecule has 1 fully saturated rings. The molecule has 0 bridgehead atoms. The Hall–Kier alpha value is -1.20. The lowest BCUT2D eigenvalue weighted by molar-refractivity contribution is -0.117. The quantitative estimate of drug-likeness (QED) is 0.561. The van der Waals surface area contributed by atoms with E-state index in [0.717, 1.165) is 12.1 Å². The first kappa shape index (κ1) is 11.3. The van der Waals surface area contributed by atoms with Crippen LogP contribution in [0, 0.1) is 0 Å². The lowest BCUT2D eigenvalue weighted by Gasteiger charge is -2.34. The average Bonchev–Trinajstić information content (AvgIpc) is 2.31. The molecule has 1 amide bonds. The van der Waals surface area contributed by atoms with E-state index < -0.39 is 9.84 Å². The fraction of sp³-hybridized carbons (Fsp3) is 0.364. The smallest absolute Gasteiger partial charge is 0.233 e. The van der Waals surface area contributed by atoms with Crippen LogP contribution in [0.1, 0.15) is 0 Å². The molecule has 0 radical (unpaired) electrons. The summed E-state index contributed by atoms with van der Waals surface area (Å²) in [6.45, 7) is 0.686. The van der Waals surface area contributed by atoms with E-state index in [1.165, 1.54) is 0 Å². The van der Waals surface area contributed by atoms with Gasteiger partial charge in [0.25, 0.3) is 0 Å². The molecule has 1 aromatic carbocycles. The summed E-state index contributed by atoms with van der Waals surface area (Å²) in [4.78, 5) is 11.3. The molecular formula is C11H14NO3S+. The normalized spacial score (nSPS) is 22.5. The van der Waals surface area contributed by atoms with Gasteiger partial charge in [0.2, 0.25) is 0 Å². The topological polar surface area (TPSA) is 51.2 Å². The third-order valence-electron chi connectivity index (χ3n) is 3.07. The van der Waals surface area contributed by atoms with Crippen molar-refractivity contribution < 1.29 is 13.2 Å². The van der Waals surface area contributed by atoms with Crippen molar-refractivity contribution in [2.24, 2.45) is 0 Å². The number of amides is 1. The van der Waals surface area contributed by atoms with Crippen LogP contribution in [-0.2, 0) is 14.6 Å². The van der Waals surface area contributed by atoms with Gasteiger partial charge in [-0.3, -0.25) is 0 Å². The number of para-hydroxylation sites is 1. The first-order chi connectivity index (χ1) is 7.58. The molecular weight excluding hydrogens is 226 g/mol. The number of hydrogen-bond donors (Lipinski definition) is 0. The molecule has 1 aliphatic rings. The highest BCUT2D eigenvalue weighted by atomic mass is 32.2. The number of quaternary nitrogens is 1. The van der Waals surface area contributed by atoms with Crippen LogP contribution in [0.3, 0.4) is 0 Å². The molecule has 86 valence electrons. The van der Waals surface area contributed by atoms with Crippen molar-refractivity contribution in [1.29, 1.82) is 0 Å². The van der Waals surface area contributed by atoms with Crippen LogP contribution >= 0.6 is 0 Å². The Labute approximate surface area is 95.0 Å². The van der Waals surface area contributed by atoms with E-state index in [1.54, 1.807) is 0 Å². The minimum atomic E-state index is -2.95. The predicted octanol–water partition coefficient (Wildman–Crippen LogP) is 0.579. The molecule has 5 heteroatoms. The van der Waals surface area contributed by atoms with Gasteiger partial charge in [-0.05, 0) is 12.1 Å². The van der Waals surface area contributed by atoms with Crippen LogP contribution in [0.5, 0.6) is 0 Å². The molecule has 1 aromatic rings. The summed E-state index contributed by atoms with van der Waals surface area (Å²) in [7, 11) is -2.95. The number of sulfone groups is 1. The van der Waals surface area contributed by atoms with Gasteiger partial charge in [0, 0.05) is 0 Å². The largest absolute Gasteiger partial charge is 0.306 e. The fourth-order valence-electron chi connectivity index (χ4n) is 1.97. The van der Waals surface area contributed by atoms with Gasteiger partial charge in [-0.15, -0.1) is 0 Å². The maximum absolute atomic E-state index is 11.4. The van der Waals surface area contributed by atoms with Crippen LogP contribution in [-0.4, -0.2) is 39.4 Å². The van der Waals surface area contributed by atoms with Gasteiger partial charge < -0.3 is 0 Å². The summed E-state index contributed by atoms with van der Waals surface area (Å²) in [6, 6.07) is 9.34. The van der Waals surface area contributed by atoms with Crippen molar-refractivity contribution >= 4 is 21.9 Å². The zero-order valence-corrected chi connectivity index (χ0v) is 9.69. The third kappa shape index (κ3) is 2.01.